The van der Waals surface area contributed by atoms with E-state index in [2.05, 4.69) is 64.6 Å². The van der Waals surface area contributed by atoms with E-state index in [-0.39, 0.29) is 0 Å². The van der Waals surface area contributed by atoms with Crippen LogP contribution in [0.2, 0.25) is 0 Å². The van der Waals surface area contributed by atoms with Crippen molar-refractivity contribution in [2.75, 3.05) is 38.1 Å². The van der Waals surface area contributed by atoms with Gasteiger partial charge in [0, 0.05) is 37.4 Å². The van der Waals surface area contributed by atoms with Crippen molar-refractivity contribution >= 4 is 22.3 Å². The topological polar surface area (TPSA) is 35.2 Å². The lowest BCUT2D eigenvalue weighted by molar-refractivity contribution is 0.313. The Kier molecular flexibility index (Phi) is 4.29. The highest BCUT2D eigenvalue weighted by Crippen LogP contribution is 2.24. The molecule has 1 aliphatic rings. The molecule has 0 radical (unpaired) electrons. The zero-order valence-electron chi connectivity index (χ0n) is 13.5. The number of hydrogen-bond donors (Lipinski definition) is 1. The molecule has 116 valence electrons. The average Bonchev–Trinajstić information content (AvgIpc) is 2.96. The third-order valence-electron chi connectivity index (χ3n) is 4.25. The van der Waals surface area contributed by atoms with Crippen molar-refractivity contribution < 1.29 is 0 Å². The predicted molar refractivity (Wildman–Crippen MR) is 94.3 cm³/mol. The van der Waals surface area contributed by atoms with Gasteiger partial charge in [-0.3, -0.25) is 0 Å². The molecule has 0 spiro atoms. The number of fused-ring (bicyclic) bond motifs is 1. The maximum Gasteiger partial charge on any atom is 0.138 e. The minimum absolute atomic E-state index is 0.905. The number of rotatable bonds is 4. The first-order valence-electron chi connectivity index (χ1n) is 7.97. The second-order valence-corrected chi connectivity index (χ2v) is 5.85. The molecule has 1 N–H and O–H groups in total. The molecule has 1 aromatic carbocycles. The lowest BCUT2D eigenvalue weighted by atomic mass is 10.2. The van der Waals surface area contributed by atoms with Gasteiger partial charge in [0.25, 0.3) is 0 Å². The SMILES string of the molecule is C=C/C(=C\CC)c1nc2ccc(N3CCN(C)CC3)cc2[nH]1. The van der Waals surface area contributed by atoms with Crippen LogP contribution in [0, 0.1) is 0 Å². The van der Waals surface area contributed by atoms with Crippen molar-refractivity contribution in [1.82, 2.24) is 14.9 Å². The van der Waals surface area contributed by atoms with Crippen LogP contribution in [0.3, 0.4) is 0 Å². The van der Waals surface area contributed by atoms with Gasteiger partial charge in [-0.05, 0) is 31.7 Å². The van der Waals surface area contributed by atoms with Crippen LogP contribution < -0.4 is 4.90 Å². The summed E-state index contributed by atoms with van der Waals surface area (Å²) in [5, 5.41) is 0. The predicted octanol–water partition coefficient (Wildman–Crippen LogP) is 3.29. The van der Waals surface area contributed by atoms with E-state index in [1.54, 1.807) is 0 Å². The highest BCUT2D eigenvalue weighted by molar-refractivity contribution is 5.83. The van der Waals surface area contributed by atoms with Crippen LogP contribution in [-0.4, -0.2) is 48.1 Å². The monoisotopic (exact) mass is 296 g/mol. The maximum atomic E-state index is 4.68. The van der Waals surface area contributed by atoms with Crippen molar-refractivity contribution in [3.8, 4) is 0 Å². The Morgan fingerprint density at radius 2 is 2.09 bits per heavy atom. The maximum absolute atomic E-state index is 4.68. The minimum atomic E-state index is 0.905. The molecule has 0 bridgehead atoms. The zero-order chi connectivity index (χ0) is 15.5. The highest BCUT2D eigenvalue weighted by atomic mass is 15.2. The Labute approximate surface area is 132 Å². The van der Waals surface area contributed by atoms with Crippen LogP contribution in [0.1, 0.15) is 19.2 Å². The van der Waals surface area contributed by atoms with E-state index in [1.807, 2.05) is 6.08 Å². The number of allylic oxidation sites excluding steroid dienone is 3. The fourth-order valence-corrected chi connectivity index (χ4v) is 2.89. The molecule has 1 aliphatic heterocycles. The first kappa shape index (κ1) is 14.9. The molecule has 1 saturated heterocycles. The molecule has 1 fully saturated rings. The van der Waals surface area contributed by atoms with Crippen LogP contribution in [0.4, 0.5) is 5.69 Å². The number of imidazole rings is 1. The van der Waals surface area contributed by atoms with E-state index >= 15 is 0 Å². The number of aromatic amines is 1. The second-order valence-electron chi connectivity index (χ2n) is 5.85. The van der Waals surface area contributed by atoms with Crippen molar-refractivity contribution in [2.45, 2.75) is 13.3 Å². The number of benzene rings is 1. The van der Waals surface area contributed by atoms with Gasteiger partial charge in [-0.25, -0.2) is 4.98 Å². The summed E-state index contributed by atoms with van der Waals surface area (Å²) >= 11 is 0. The van der Waals surface area contributed by atoms with Crippen molar-refractivity contribution in [2.24, 2.45) is 0 Å². The number of hydrogen-bond acceptors (Lipinski definition) is 3. The van der Waals surface area contributed by atoms with Gasteiger partial charge in [-0.2, -0.15) is 0 Å². The summed E-state index contributed by atoms with van der Waals surface area (Å²) in [7, 11) is 2.18. The van der Waals surface area contributed by atoms with E-state index < -0.39 is 0 Å². The van der Waals surface area contributed by atoms with Crippen molar-refractivity contribution in [3.63, 3.8) is 0 Å². The average molecular weight is 296 g/mol. The molecule has 4 heteroatoms. The normalized spacial score (nSPS) is 17.2. The van der Waals surface area contributed by atoms with Gasteiger partial charge in [-0.15, -0.1) is 0 Å². The van der Waals surface area contributed by atoms with E-state index in [0.29, 0.717) is 0 Å². The third kappa shape index (κ3) is 2.92. The van der Waals surface area contributed by atoms with Crippen LogP contribution in [0.15, 0.2) is 36.9 Å². The first-order valence-corrected chi connectivity index (χ1v) is 7.97. The molecule has 1 aromatic heterocycles. The molecule has 0 atom stereocenters. The zero-order valence-corrected chi connectivity index (χ0v) is 13.5. The number of aromatic nitrogens is 2. The van der Waals surface area contributed by atoms with Crippen LogP contribution in [0.5, 0.6) is 0 Å². The van der Waals surface area contributed by atoms with Gasteiger partial charge in [0.1, 0.15) is 5.82 Å². The summed E-state index contributed by atoms with van der Waals surface area (Å²) in [5.41, 5.74) is 4.45. The molecular formula is C18H24N4. The quantitative estimate of drug-likeness (QED) is 0.879. The number of nitrogens with one attached hydrogen (secondary N) is 1. The summed E-state index contributed by atoms with van der Waals surface area (Å²) in [4.78, 5) is 12.9. The van der Waals surface area contributed by atoms with Gasteiger partial charge in [-0.1, -0.05) is 25.7 Å². The van der Waals surface area contributed by atoms with Gasteiger partial charge >= 0.3 is 0 Å². The lowest BCUT2D eigenvalue weighted by Gasteiger charge is -2.34. The van der Waals surface area contributed by atoms with Crippen LogP contribution >= 0.6 is 0 Å². The van der Waals surface area contributed by atoms with E-state index in [9.17, 15) is 0 Å². The van der Waals surface area contributed by atoms with E-state index in [1.165, 1.54) is 5.69 Å². The van der Waals surface area contributed by atoms with Gasteiger partial charge in [0.05, 0.1) is 11.0 Å². The number of anilines is 1. The standard InChI is InChI=1S/C18H24N4/c1-4-6-14(5-2)18-19-16-8-7-15(13-17(16)20-18)22-11-9-21(3)10-12-22/h5-8,13H,2,4,9-12H2,1,3H3,(H,19,20)/b14-6+. The highest BCUT2D eigenvalue weighted by Gasteiger charge is 2.15. The number of nitrogens with zero attached hydrogens (tertiary/aromatic N) is 3. The van der Waals surface area contributed by atoms with E-state index in [4.69, 9.17) is 0 Å². The molecule has 2 aromatic rings. The Morgan fingerprint density at radius 1 is 1.32 bits per heavy atom. The molecule has 4 nitrogen and oxygen atoms in total. The largest absolute Gasteiger partial charge is 0.369 e. The van der Waals surface area contributed by atoms with Crippen molar-refractivity contribution in [1.29, 1.82) is 0 Å². The molecule has 0 unspecified atom stereocenters. The fraction of sp³-hybridized carbons (Fsp3) is 0.389. The third-order valence-corrected chi connectivity index (χ3v) is 4.25. The second kappa shape index (κ2) is 6.36. The van der Waals surface area contributed by atoms with Gasteiger partial charge in [0.15, 0.2) is 0 Å². The van der Waals surface area contributed by atoms with Crippen molar-refractivity contribution in [3.05, 3.63) is 42.8 Å². The molecule has 2 heterocycles. The molecule has 22 heavy (non-hydrogen) atoms. The fourth-order valence-electron chi connectivity index (χ4n) is 2.89. The summed E-state index contributed by atoms with van der Waals surface area (Å²) in [6.07, 6.45) is 4.99. The Hall–Kier alpha value is -2.07. The number of piperazine rings is 1. The lowest BCUT2D eigenvalue weighted by Crippen LogP contribution is -2.44. The first-order chi connectivity index (χ1) is 10.7. The summed E-state index contributed by atoms with van der Waals surface area (Å²) in [5.74, 6) is 0.905. The van der Waals surface area contributed by atoms with Crippen LogP contribution in [-0.2, 0) is 0 Å². The number of H-pyrrole nitrogens is 1. The summed E-state index contributed by atoms with van der Waals surface area (Å²) in [6.45, 7) is 10.4. The molecule has 3 rings (SSSR count). The molecule has 0 amide bonds. The smallest absolute Gasteiger partial charge is 0.138 e. The Bertz CT molecular complexity index is 690. The number of likely N-dealkylation sites (N-methyl/N-ethyl adjacent to an activating group) is 1. The molecule has 0 aliphatic carbocycles. The van der Waals surface area contributed by atoms with Crippen LogP contribution in [0.25, 0.3) is 16.6 Å². The molecule has 0 saturated carbocycles. The minimum Gasteiger partial charge on any atom is -0.369 e. The summed E-state index contributed by atoms with van der Waals surface area (Å²) in [6, 6.07) is 6.49. The van der Waals surface area contributed by atoms with E-state index in [0.717, 1.165) is 55.0 Å². The Morgan fingerprint density at radius 3 is 2.77 bits per heavy atom. The summed E-state index contributed by atoms with van der Waals surface area (Å²) < 4.78 is 0. The molecular weight excluding hydrogens is 272 g/mol. The Balaban J connectivity index is 1.90. The van der Waals surface area contributed by atoms with Gasteiger partial charge < -0.3 is 14.8 Å². The van der Waals surface area contributed by atoms with Gasteiger partial charge in [0.2, 0.25) is 0 Å².